The molecule has 0 saturated heterocycles. The van der Waals surface area contributed by atoms with E-state index in [0.29, 0.717) is 16.5 Å². The Kier molecular flexibility index (Phi) is 4.07. The molecule has 0 atom stereocenters. The fraction of sp³-hybridized carbons (Fsp3) is 0. The van der Waals surface area contributed by atoms with Crippen LogP contribution in [0.3, 0.4) is 0 Å². The molecule has 4 aromatic heterocycles. The van der Waals surface area contributed by atoms with Crippen LogP contribution in [0.4, 0.5) is 0 Å². The van der Waals surface area contributed by atoms with Gasteiger partial charge in [0.2, 0.25) is 0 Å². The Hall–Kier alpha value is -7.76. The number of aromatic nitrogens is 3. The maximum Gasteiger partial charge on any atom is 0.180 e. The summed E-state index contributed by atoms with van der Waals surface area (Å²) in [6.45, 7) is 0. The maximum atomic E-state index is 9.87. The molecule has 5 nitrogen and oxygen atoms in total. The van der Waals surface area contributed by atoms with E-state index in [1.54, 1.807) is 6.07 Å². The van der Waals surface area contributed by atoms with Gasteiger partial charge in [0, 0.05) is 38.2 Å². The van der Waals surface area contributed by atoms with Crippen molar-refractivity contribution in [1.82, 2.24) is 14.5 Å². The molecule has 266 valence electrons. The van der Waals surface area contributed by atoms with Crippen LogP contribution in [-0.4, -0.2) is 14.5 Å². The monoisotopic (exact) mass is 747 g/mol. The number of nitrogens with zero attached hydrogens (tertiary/aromatic N) is 3. The van der Waals surface area contributed by atoms with Crippen molar-refractivity contribution in [3.63, 3.8) is 0 Å². The molecule has 0 unspecified atom stereocenters. The largest absolute Gasteiger partial charge is 0.456 e. The number of para-hydroxylation sites is 2. The zero-order valence-corrected chi connectivity index (χ0v) is 29.2. The Morgan fingerprint density at radius 2 is 1.19 bits per heavy atom. The highest BCUT2D eigenvalue weighted by molar-refractivity contribution is 6.17. The van der Waals surface area contributed by atoms with Crippen LogP contribution >= 0.6 is 0 Å². The molecular formula is C52H31N3O2. The van der Waals surface area contributed by atoms with Crippen molar-refractivity contribution in [2.24, 2.45) is 0 Å². The summed E-state index contributed by atoms with van der Waals surface area (Å²) >= 11 is 0. The summed E-state index contributed by atoms with van der Waals surface area (Å²) < 4.78 is 176. The molecule has 8 aromatic carbocycles. The molecule has 0 saturated carbocycles. The van der Waals surface area contributed by atoms with Gasteiger partial charge in [0.25, 0.3) is 0 Å². The van der Waals surface area contributed by atoms with Gasteiger partial charge in [0.15, 0.2) is 5.58 Å². The Bertz CT molecular complexity index is 4540. The van der Waals surface area contributed by atoms with Gasteiger partial charge in [-0.1, -0.05) is 121 Å². The third-order valence-corrected chi connectivity index (χ3v) is 10.0. The molecule has 0 N–H and O–H groups in total. The summed E-state index contributed by atoms with van der Waals surface area (Å²) in [6, 6.07) is 9.89. The van der Waals surface area contributed by atoms with E-state index in [2.05, 4.69) is 9.97 Å². The fourth-order valence-electron chi connectivity index (χ4n) is 7.39. The number of hydrogen-bond donors (Lipinski definition) is 0. The van der Waals surface area contributed by atoms with Crippen LogP contribution in [0.15, 0.2) is 197 Å². The van der Waals surface area contributed by atoms with E-state index in [1.165, 1.54) is 6.33 Å². The van der Waals surface area contributed by atoms with Gasteiger partial charge in [-0.05, 0) is 93.9 Å². The average Bonchev–Trinajstić information content (AvgIpc) is 4.17. The molecule has 0 bridgehead atoms. The summed E-state index contributed by atoms with van der Waals surface area (Å²) in [7, 11) is 0. The van der Waals surface area contributed by atoms with E-state index in [9.17, 15) is 9.60 Å². The summed E-state index contributed by atoms with van der Waals surface area (Å²) in [5.74, 6) is 0. The molecule has 12 aromatic rings. The molecular weight excluding hydrogens is 699 g/mol. The number of hydrogen-bond acceptors (Lipinski definition) is 4. The maximum absolute atomic E-state index is 9.87. The lowest BCUT2D eigenvalue weighted by atomic mass is 9.98. The summed E-state index contributed by atoms with van der Waals surface area (Å²) in [4.78, 5) is 9.09. The second kappa shape index (κ2) is 12.4. The molecule has 0 amide bonds. The Balaban J connectivity index is 1.13. The lowest BCUT2D eigenvalue weighted by Crippen LogP contribution is -1.92. The second-order valence-electron chi connectivity index (χ2n) is 13.2. The number of benzene rings is 8. The SMILES string of the molecule is [2H]c1c([2H])c([2H])c(-n2c3c([2H])c([2H])c([2H])c([2H])c3c3c([2H])c(-c4c([2H])c([2H])c5oc6c([2H])c([2H])c([2H])c(-c7ncnc8c7oc7ccc(-c9ccc(-c%10ccccc%10)cc9)cc78)c6c5c4[2H])c([2H])c([2H])c32)c([2H])c1[2H]. The minimum atomic E-state index is -0.866. The summed E-state index contributed by atoms with van der Waals surface area (Å²) in [5.41, 5.74) is 0.721. The van der Waals surface area contributed by atoms with Crippen LogP contribution in [0.2, 0.25) is 0 Å². The van der Waals surface area contributed by atoms with Gasteiger partial charge in [-0.2, -0.15) is 0 Å². The predicted molar refractivity (Wildman–Crippen MR) is 233 cm³/mol. The molecule has 0 fully saturated rings. The van der Waals surface area contributed by atoms with Crippen LogP contribution in [-0.2, 0) is 0 Å². The predicted octanol–water partition coefficient (Wildman–Crippen LogP) is 14.0. The van der Waals surface area contributed by atoms with Crippen LogP contribution in [0, 0.1) is 0 Å². The highest BCUT2D eigenvalue weighted by atomic mass is 16.3. The van der Waals surface area contributed by atoms with E-state index < -0.39 is 153 Å². The zero-order valence-electron chi connectivity index (χ0n) is 47.2. The molecule has 0 aliphatic carbocycles. The van der Waals surface area contributed by atoms with Crippen LogP contribution in [0.5, 0.6) is 0 Å². The smallest absolute Gasteiger partial charge is 0.180 e. The Morgan fingerprint density at radius 1 is 0.474 bits per heavy atom. The van der Waals surface area contributed by atoms with Crippen LogP contribution in [0.25, 0.3) is 116 Å². The first-order valence-electron chi connectivity index (χ1n) is 26.7. The highest BCUT2D eigenvalue weighted by Gasteiger charge is 2.21. The Morgan fingerprint density at radius 3 is 2.05 bits per heavy atom. The summed E-state index contributed by atoms with van der Waals surface area (Å²) in [5, 5.41) is -0.786. The molecule has 5 heteroatoms. The Labute approximate surface area is 352 Å². The molecule has 57 heavy (non-hydrogen) atoms. The molecule has 0 aliphatic heterocycles. The standard InChI is InChI=1S/C52H31N3O2/c1-3-10-32(11-4-1)33-18-20-34(21-19-33)35-23-27-47-43(30-35)51-52(57-47)50(53-31-54-51)40-15-9-17-48-49(40)42-29-37(24-26-46(42)56-48)36-22-25-45-41(28-36)39-14-7-8-16-44(39)55(45)38-12-5-2-6-13-38/h1-31H/i2D,5D,6D,7D,8D,9D,12D,13D,14D,15D,16D,17D,22D,24D,25D,26D,28D,29D. The first kappa shape index (κ1) is 18.7. The summed E-state index contributed by atoms with van der Waals surface area (Å²) in [6.07, 6.45) is 1.23. The van der Waals surface area contributed by atoms with Crippen LogP contribution < -0.4 is 0 Å². The van der Waals surface area contributed by atoms with Crippen molar-refractivity contribution in [2.45, 2.75) is 0 Å². The van der Waals surface area contributed by atoms with Crippen LogP contribution in [0.1, 0.15) is 24.7 Å². The van der Waals surface area contributed by atoms with Gasteiger partial charge >= 0.3 is 0 Å². The average molecular weight is 748 g/mol. The van der Waals surface area contributed by atoms with Gasteiger partial charge in [-0.3, -0.25) is 0 Å². The quantitative estimate of drug-likeness (QED) is 0.176. The van der Waals surface area contributed by atoms with Crippen molar-refractivity contribution in [2.75, 3.05) is 0 Å². The second-order valence-corrected chi connectivity index (χ2v) is 13.2. The number of rotatable bonds is 5. The molecule has 12 rings (SSSR count). The zero-order chi connectivity index (χ0) is 53.1. The van der Waals surface area contributed by atoms with Gasteiger partial charge in [0.1, 0.15) is 34.3 Å². The first-order valence-corrected chi connectivity index (χ1v) is 17.7. The minimum absolute atomic E-state index is 0.0505. The van der Waals surface area contributed by atoms with Gasteiger partial charge < -0.3 is 13.4 Å². The lowest BCUT2D eigenvalue weighted by molar-refractivity contribution is 0.667. The van der Waals surface area contributed by atoms with E-state index in [4.69, 9.17) is 23.9 Å². The number of furan rings is 2. The van der Waals surface area contributed by atoms with Gasteiger partial charge in [0.05, 0.1) is 35.7 Å². The van der Waals surface area contributed by atoms with Crippen molar-refractivity contribution in [3.8, 4) is 50.3 Å². The van der Waals surface area contributed by atoms with Crippen molar-refractivity contribution in [3.05, 3.63) is 188 Å². The van der Waals surface area contributed by atoms with Gasteiger partial charge in [-0.25, -0.2) is 9.97 Å². The first-order chi connectivity index (χ1) is 35.8. The molecule has 0 radical (unpaired) electrons. The van der Waals surface area contributed by atoms with E-state index >= 15 is 0 Å². The lowest BCUT2D eigenvalue weighted by Gasteiger charge is -2.08. The third-order valence-electron chi connectivity index (χ3n) is 10.0. The minimum Gasteiger partial charge on any atom is -0.456 e. The molecule has 0 aliphatic rings. The topological polar surface area (TPSA) is 57.0 Å². The number of fused-ring (bicyclic) bond motifs is 9. The highest BCUT2D eigenvalue weighted by Crippen LogP contribution is 2.42. The van der Waals surface area contributed by atoms with E-state index in [-0.39, 0.29) is 33.2 Å². The van der Waals surface area contributed by atoms with Crippen molar-refractivity contribution < 1.29 is 33.5 Å². The van der Waals surface area contributed by atoms with Crippen molar-refractivity contribution >= 4 is 65.8 Å². The van der Waals surface area contributed by atoms with E-state index in [1.807, 2.05) is 66.7 Å². The molecule has 4 heterocycles. The molecule has 0 spiro atoms. The van der Waals surface area contributed by atoms with E-state index in [0.717, 1.165) is 26.8 Å². The fourth-order valence-corrected chi connectivity index (χ4v) is 7.39. The third kappa shape index (κ3) is 4.96. The van der Waals surface area contributed by atoms with Gasteiger partial charge in [-0.15, -0.1) is 0 Å². The normalized spacial score (nSPS) is 16.3. The van der Waals surface area contributed by atoms with Crippen molar-refractivity contribution in [1.29, 1.82) is 0 Å².